The molecule has 5 N–H and O–H groups in total. The summed E-state index contributed by atoms with van der Waals surface area (Å²) in [5.74, 6) is 1.27. The lowest BCUT2D eigenvalue weighted by molar-refractivity contribution is -0.384. The number of rotatable bonds is 8. The molecule has 4 rings (SSSR count). The Kier molecular flexibility index (Phi) is 6.75. The maximum atomic E-state index is 10.9. The number of halogens is 2. The van der Waals surface area contributed by atoms with E-state index in [-0.39, 0.29) is 11.5 Å². The van der Waals surface area contributed by atoms with Crippen molar-refractivity contribution in [3.8, 4) is 22.6 Å². The van der Waals surface area contributed by atoms with Crippen LogP contribution in [0.3, 0.4) is 0 Å². The first kappa shape index (κ1) is 23.2. The van der Waals surface area contributed by atoms with Crippen LogP contribution < -0.4 is 16.4 Å². The summed E-state index contributed by atoms with van der Waals surface area (Å²) in [4.78, 5) is 30.9. The molecule has 0 aliphatic carbocycles. The number of aromatic amines is 1. The molecule has 0 saturated carbocycles. The standard InChI is InChI=1S/C21H19Cl2N9O2/c1-11-9-27-20(29-11)14-10-28-21(31-18(14)13-3-2-12(22)8-15(13)23)26-7-6-25-17-5-4-16(32(33)34)19(24)30-17/h2-5,8-10H,6-7H2,1H3,(H,27,29)(H3,24,25,30)(H,26,28,31). The zero-order chi connectivity index (χ0) is 24.2. The summed E-state index contributed by atoms with van der Waals surface area (Å²) in [5, 5.41) is 18.0. The van der Waals surface area contributed by atoms with Crippen LogP contribution in [-0.4, -0.2) is 42.9 Å². The SMILES string of the molecule is Cc1cnc(-c2cnc(NCCNc3ccc([N+](=O)[O-])c(N)n3)nc2-c2ccc(Cl)cc2Cl)[nH]1. The molecule has 0 radical (unpaired) electrons. The zero-order valence-electron chi connectivity index (χ0n) is 17.8. The van der Waals surface area contributed by atoms with Crippen molar-refractivity contribution >= 4 is 46.5 Å². The van der Waals surface area contributed by atoms with Crippen LogP contribution in [0.25, 0.3) is 22.6 Å². The molecule has 3 heterocycles. The number of hydrogen-bond donors (Lipinski definition) is 4. The van der Waals surface area contributed by atoms with Gasteiger partial charge in [-0.25, -0.2) is 19.9 Å². The number of imidazole rings is 1. The predicted molar refractivity (Wildman–Crippen MR) is 132 cm³/mol. The van der Waals surface area contributed by atoms with Gasteiger partial charge in [-0.2, -0.15) is 0 Å². The number of aromatic nitrogens is 5. The molecule has 1 aromatic carbocycles. The first-order chi connectivity index (χ1) is 16.3. The lowest BCUT2D eigenvalue weighted by Gasteiger charge is -2.12. The molecule has 0 bridgehead atoms. The summed E-state index contributed by atoms with van der Waals surface area (Å²) in [5.41, 5.74) is 8.24. The van der Waals surface area contributed by atoms with Crippen molar-refractivity contribution in [2.75, 3.05) is 29.5 Å². The molecule has 0 fully saturated rings. The summed E-state index contributed by atoms with van der Waals surface area (Å²) < 4.78 is 0. The Labute approximate surface area is 203 Å². The van der Waals surface area contributed by atoms with Crippen molar-refractivity contribution in [1.29, 1.82) is 0 Å². The van der Waals surface area contributed by atoms with E-state index in [2.05, 4.69) is 35.6 Å². The van der Waals surface area contributed by atoms with Crippen LogP contribution in [0.4, 0.5) is 23.3 Å². The minimum absolute atomic E-state index is 0.153. The van der Waals surface area contributed by atoms with E-state index >= 15 is 0 Å². The number of nitro groups is 1. The van der Waals surface area contributed by atoms with Crippen molar-refractivity contribution in [3.63, 3.8) is 0 Å². The van der Waals surface area contributed by atoms with Crippen LogP contribution in [0.2, 0.25) is 10.0 Å². The van der Waals surface area contributed by atoms with Crippen molar-refractivity contribution in [2.45, 2.75) is 6.92 Å². The predicted octanol–water partition coefficient (Wildman–Crippen LogP) is 4.56. The van der Waals surface area contributed by atoms with Crippen LogP contribution >= 0.6 is 23.2 Å². The van der Waals surface area contributed by atoms with Crippen molar-refractivity contribution < 1.29 is 4.92 Å². The monoisotopic (exact) mass is 499 g/mol. The number of nitrogens with zero attached hydrogens (tertiary/aromatic N) is 5. The number of aryl methyl sites for hydroxylation is 1. The normalized spacial score (nSPS) is 10.8. The van der Waals surface area contributed by atoms with Gasteiger partial charge in [0.1, 0.15) is 11.6 Å². The third kappa shape index (κ3) is 5.16. The average molecular weight is 500 g/mol. The molecule has 4 aromatic rings. The van der Waals surface area contributed by atoms with E-state index in [9.17, 15) is 10.1 Å². The molecule has 0 aliphatic heterocycles. The lowest BCUT2D eigenvalue weighted by atomic mass is 10.1. The van der Waals surface area contributed by atoms with Gasteiger partial charge < -0.3 is 21.4 Å². The Hall–Kier alpha value is -3.96. The number of nitrogen functional groups attached to an aromatic ring is 1. The van der Waals surface area contributed by atoms with Gasteiger partial charge in [-0.05, 0) is 31.2 Å². The highest BCUT2D eigenvalue weighted by Gasteiger charge is 2.17. The molecule has 0 aliphatic rings. The second kappa shape index (κ2) is 9.89. The molecule has 3 aromatic heterocycles. The van der Waals surface area contributed by atoms with E-state index in [1.54, 1.807) is 30.6 Å². The van der Waals surface area contributed by atoms with Crippen LogP contribution in [0, 0.1) is 17.0 Å². The summed E-state index contributed by atoms with van der Waals surface area (Å²) in [6, 6.07) is 7.98. The summed E-state index contributed by atoms with van der Waals surface area (Å²) >= 11 is 12.5. The van der Waals surface area contributed by atoms with Crippen molar-refractivity contribution in [2.24, 2.45) is 0 Å². The fourth-order valence-electron chi connectivity index (χ4n) is 3.16. The first-order valence-corrected chi connectivity index (χ1v) is 10.8. The molecule has 11 nitrogen and oxygen atoms in total. The minimum atomic E-state index is -0.580. The Bertz CT molecular complexity index is 1360. The maximum absolute atomic E-state index is 10.9. The minimum Gasteiger partial charge on any atom is -0.378 e. The Morgan fingerprint density at radius 3 is 2.53 bits per heavy atom. The highest BCUT2D eigenvalue weighted by atomic mass is 35.5. The largest absolute Gasteiger partial charge is 0.378 e. The van der Waals surface area contributed by atoms with Gasteiger partial charge in [-0.15, -0.1) is 0 Å². The number of nitrogens with two attached hydrogens (primary N) is 1. The smallest absolute Gasteiger partial charge is 0.311 e. The number of H-pyrrole nitrogens is 1. The van der Waals surface area contributed by atoms with Gasteiger partial charge in [0.25, 0.3) is 0 Å². The molecule has 0 amide bonds. The third-order valence-electron chi connectivity index (χ3n) is 4.75. The molecule has 0 spiro atoms. The van der Waals surface area contributed by atoms with E-state index < -0.39 is 4.92 Å². The highest BCUT2D eigenvalue weighted by molar-refractivity contribution is 6.36. The second-order valence-electron chi connectivity index (χ2n) is 7.21. The molecular formula is C21H19Cl2N9O2. The van der Waals surface area contributed by atoms with Gasteiger partial charge in [-0.3, -0.25) is 10.1 Å². The third-order valence-corrected chi connectivity index (χ3v) is 5.29. The van der Waals surface area contributed by atoms with E-state index in [1.807, 2.05) is 6.92 Å². The number of pyridine rings is 1. The summed E-state index contributed by atoms with van der Waals surface area (Å²) in [7, 11) is 0. The second-order valence-corrected chi connectivity index (χ2v) is 8.05. The molecule has 13 heteroatoms. The lowest BCUT2D eigenvalue weighted by Crippen LogP contribution is -2.16. The van der Waals surface area contributed by atoms with Crippen LogP contribution in [-0.2, 0) is 0 Å². The topological polar surface area (TPSA) is 161 Å². The molecule has 0 unspecified atom stereocenters. The van der Waals surface area contributed by atoms with Crippen LogP contribution in [0.15, 0.2) is 42.7 Å². The van der Waals surface area contributed by atoms with E-state index in [0.29, 0.717) is 57.5 Å². The molecule has 0 saturated heterocycles. The number of hydrogen-bond acceptors (Lipinski definition) is 9. The van der Waals surface area contributed by atoms with Gasteiger partial charge >= 0.3 is 5.69 Å². The highest BCUT2D eigenvalue weighted by Crippen LogP contribution is 2.35. The molecule has 174 valence electrons. The molecule has 34 heavy (non-hydrogen) atoms. The average Bonchev–Trinajstić information content (AvgIpc) is 3.22. The van der Waals surface area contributed by atoms with Gasteiger partial charge in [0.2, 0.25) is 11.8 Å². The Morgan fingerprint density at radius 2 is 1.85 bits per heavy atom. The first-order valence-electron chi connectivity index (χ1n) is 10.0. The maximum Gasteiger partial charge on any atom is 0.311 e. The molecular weight excluding hydrogens is 481 g/mol. The Morgan fingerprint density at radius 1 is 1.06 bits per heavy atom. The van der Waals surface area contributed by atoms with Gasteiger partial charge in [0.05, 0.1) is 21.2 Å². The van der Waals surface area contributed by atoms with Crippen LogP contribution in [0.5, 0.6) is 0 Å². The van der Waals surface area contributed by atoms with Gasteiger partial charge in [0.15, 0.2) is 0 Å². The van der Waals surface area contributed by atoms with E-state index in [0.717, 1.165) is 5.69 Å². The molecule has 0 atom stereocenters. The summed E-state index contributed by atoms with van der Waals surface area (Å²) in [6.07, 6.45) is 3.39. The zero-order valence-corrected chi connectivity index (χ0v) is 19.4. The number of benzene rings is 1. The summed E-state index contributed by atoms with van der Waals surface area (Å²) in [6.45, 7) is 2.78. The number of nitrogens with one attached hydrogen (secondary N) is 3. The fraction of sp³-hybridized carbons (Fsp3) is 0.143. The number of anilines is 3. The van der Waals surface area contributed by atoms with Gasteiger partial charge in [-0.1, -0.05) is 23.2 Å². The van der Waals surface area contributed by atoms with E-state index in [1.165, 1.54) is 12.1 Å². The quantitative estimate of drug-likeness (QED) is 0.154. The van der Waals surface area contributed by atoms with E-state index in [4.69, 9.17) is 28.9 Å². The Balaban J connectivity index is 1.51. The van der Waals surface area contributed by atoms with Crippen molar-refractivity contribution in [3.05, 3.63) is 68.6 Å². The van der Waals surface area contributed by atoms with Crippen LogP contribution in [0.1, 0.15) is 5.69 Å². The van der Waals surface area contributed by atoms with Gasteiger partial charge in [0, 0.05) is 47.8 Å². The fourth-order valence-corrected chi connectivity index (χ4v) is 3.66. The van der Waals surface area contributed by atoms with Crippen molar-refractivity contribution in [1.82, 2.24) is 24.9 Å².